The van der Waals surface area contributed by atoms with Crippen molar-refractivity contribution in [3.05, 3.63) is 28.2 Å². The van der Waals surface area contributed by atoms with Crippen LogP contribution in [-0.2, 0) is 6.42 Å². The summed E-state index contributed by atoms with van der Waals surface area (Å²) in [6.45, 7) is 0.688. The lowest BCUT2D eigenvalue weighted by Gasteiger charge is -2.01. The summed E-state index contributed by atoms with van der Waals surface area (Å²) in [5, 5.41) is 9.23. The Labute approximate surface area is 92.7 Å². The highest BCUT2D eigenvalue weighted by Crippen LogP contribution is 2.20. The molecule has 0 bridgehead atoms. The lowest BCUT2D eigenvalue weighted by molar-refractivity contribution is 0.474. The highest BCUT2D eigenvalue weighted by Gasteiger charge is 1.97. The lowest BCUT2D eigenvalue weighted by atomic mass is 10.1. The average molecular weight is 267 g/mol. The molecule has 0 saturated heterocycles. The van der Waals surface area contributed by atoms with Crippen LogP contribution in [-0.4, -0.2) is 11.7 Å². The van der Waals surface area contributed by atoms with E-state index >= 15 is 0 Å². The molecule has 4 heteroatoms. The number of hydrogen-bond donors (Lipinski definition) is 2. The van der Waals surface area contributed by atoms with Crippen LogP contribution in [0.1, 0.15) is 12.0 Å². The molecule has 1 rings (SSSR count). The number of benzene rings is 1. The number of nitrogens with two attached hydrogens (primary N) is 1. The molecule has 0 amide bonds. The monoisotopic (exact) mass is 265 g/mol. The zero-order chi connectivity index (χ0) is 8.97. The van der Waals surface area contributed by atoms with Crippen molar-refractivity contribution in [2.45, 2.75) is 12.8 Å². The normalized spacial score (nSPS) is 9.38. The molecule has 1 aromatic carbocycles. The van der Waals surface area contributed by atoms with Gasteiger partial charge in [0.1, 0.15) is 5.75 Å². The van der Waals surface area contributed by atoms with Crippen LogP contribution in [0.25, 0.3) is 0 Å². The SMILES string of the molecule is Cl.NCCCc1cc(O)cc(Br)c1. The van der Waals surface area contributed by atoms with Crippen molar-refractivity contribution in [2.75, 3.05) is 6.54 Å². The molecule has 0 aliphatic rings. The van der Waals surface area contributed by atoms with Gasteiger partial charge in [0.25, 0.3) is 0 Å². The van der Waals surface area contributed by atoms with E-state index in [-0.39, 0.29) is 12.4 Å². The van der Waals surface area contributed by atoms with Crippen molar-refractivity contribution in [3.8, 4) is 5.75 Å². The van der Waals surface area contributed by atoms with Crippen LogP contribution in [0.2, 0.25) is 0 Å². The zero-order valence-electron chi connectivity index (χ0n) is 7.16. The van der Waals surface area contributed by atoms with E-state index in [1.165, 1.54) is 0 Å². The van der Waals surface area contributed by atoms with E-state index in [2.05, 4.69) is 15.9 Å². The van der Waals surface area contributed by atoms with Gasteiger partial charge in [-0.05, 0) is 43.1 Å². The molecule has 3 N–H and O–H groups in total. The molecule has 0 radical (unpaired) electrons. The highest BCUT2D eigenvalue weighted by molar-refractivity contribution is 9.10. The summed E-state index contributed by atoms with van der Waals surface area (Å²) < 4.78 is 0.912. The van der Waals surface area contributed by atoms with E-state index in [0.717, 1.165) is 22.9 Å². The largest absolute Gasteiger partial charge is 0.508 e. The molecule has 0 atom stereocenters. The summed E-state index contributed by atoms with van der Waals surface area (Å²) in [6.07, 6.45) is 1.87. The summed E-state index contributed by atoms with van der Waals surface area (Å²) in [7, 11) is 0. The Hall–Kier alpha value is -0.250. The minimum absolute atomic E-state index is 0. The van der Waals surface area contributed by atoms with Gasteiger partial charge >= 0.3 is 0 Å². The van der Waals surface area contributed by atoms with Crippen LogP contribution in [0.3, 0.4) is 0 Å². The second-order valence-electron chi connectivity index (χ2n) is 2.71. The third-order valence-electron chi connectivity index (χ3n) is 1.61. The minimum Gasteiger partial charge on any atom is -0.508 e. The molecule has 1 aromatic rings. The van der Waals surface area contributed by atoms with Crippen molar-refractivity contribution in [3.63, 3.8) is 0 Å². The van der Waals surface area contributed by atoms with Gasteiger partial charge in [-0.1, -0.05) is 15.9 Å². The molecule has 13 heavy (non-hydrogen) atoms. The first-order chi connectivity index (χ1) is 5.72. The molecular weight excluding hydrogens is 253 g/mol. The fourth-order valence-electron chi connectivity index (χ4n) is 1.08. The van der Waals surface area contributed by atoms with Crippen LogP contribution in [0.4, 0.5) is 0 Å². The molecule has 2 nitrogen and oxygen atoms in total. The number of phenols is 1. The molecule has 0 heterocycles. The summed E-state index contributed by atoms with van der Waals surface area (Å²) in [5.74, 6) is 0.302. The molecule has 0 saturated carbocycles. The Balaban J connectivity index is 0.00000144. The van der Waals surface area contributed by atoms with Gasteiger partial charge in [-0.25, -0.2) is 0 Å². The third-order valence-corrected chi connectivity index (χ3v) is 2.07. The Morgan fingerprint density at radius 2 is 2.00 bits per heavy atom. The van der Waals surface area contributed by atoms with Gasteiger partial charge in [0.15, 0.2) is 0 Å². The molecule has 0 aliphatic carbocycles. The fraction of sp³-hybridized carbons (Fsp3) is 0.333. The Morgan fingerprint density at radius 1 is 1.31 bits per heavy atom. The standard InChI is InChI=1S/C9H12BrNO.ClH/c10-8-4-7(2-1-3-11)5-9(12)6-8;/h4-6,12H,1-3,11H2;1H. The summed E-state index contributed by atoms with van der Waals surface area (Å²) in [4.78, 5) is 0. The van der Waals surface area contributed by atoms with Gasteiger partial charge < -0.3 is 10.8 Å². The van der Waals surface area contributed by atoms with Crippen LogP contribution < -0.4 is 5.73 Å². The van der Waals surface area contributed by atoms with Gasteiger partial charge in [0.05, 0.1) is 0 Å². The van der Waals surface area contributed by atoms with Gasteiger partial charge in [0, 0.05) is 4.47 Å². The Morgan fingerprint density at radius 3 is 2.54 bits per heavy atom. The quantitative estimate of drug-likeness (QED) is 0.883. The number of phenolic OH excluding ortho intramolecular Hbond substituents is 1. The number of aromatic hydroxyl groups is 1. The number of halogens is 2. The van der Waals surface area contributed by atoms with E-state index in [1.54, 1.807) is 12.1 Å². The fourth-order valence-corrected chi connectivity index (χ4v) is 1.61. The molecule has 0 aliphatic heterocycles. The van der Waals surface area contributed by atoms with Crippen molar-refractivity contribution >= 4 is 28.3 Å². The van der Waals surface area contributed by atoms with Gasteiger partial charge in [0.2, 0.25) is 0 Å². The second kappa shape index (κ2) is 6.24. The zero-order valence-corrected chi connectivity index (χ0v) is 9.57. The number of aryl methyl sites for hydroxylation is 1. The average Bonchev–Trinajstić information content (AvgIpc) is 1.99. The van der Waals surface area contributed by atoms with Crippen LogP contribution >= 0.6 is 28.3 Å². The first-order valence-corrected chi connectivity index (χ1v) is 4.70. The van der Waals surface area contributed by atoms with Crippen LogP contribution in [0.15, 0.2) is 22.7 Å². The van der Waals surface area contributed by atoms with E-state index in [0.29, 0.717) is 12.3 Å². The van der Waals surface area contributed by atoms with Gasteiger partial charge in [-0.15, -0.1) is 12.4 Å². The first-order valence-electron chi connectivity index (χ1n) is 3.91. The van der Waals surface area contributed by atoms with E-state index < -0.39 is 0 Å². The molecule has 0 fully saturated rings. The molecular formula is C9H13BrClNO. The maximum Gasteiger partial charge on any atom is 0.116 e. The lowest BCUT2D eigenvalue weighted by Crippen LogP contribution is -2.00. The van der Waals surface area contributed by atoms with E-state index in [9.17, 15) is 5.11 Å². The van der Waals surface area contributed by atoms with Crippen molar-refractivity contribution in [1.29, 1.82) is 0 Å². The van der Waals surface area contributed by atoms with Gasteiger partial charge in [-0.2, -0.15) is 0 Å². The van der Waals surface area contributed by atoms with Crippen molar-refractivity contribution < 1.29 is 5.11 Å². The van der Waals surface area contributed by atoms with Gasteiger partial charge in [-0.3, -0.25) is 0 Å². The topological polar surface area (TPSA) is 46.2 Å². The number of hydrogen-bond acceptors (Lipinski definition) is 2. The van der Waals surface area contributed by atoms with Crippen molar-refractivity contribution in [1.82, 2.24) is 0 Å². The number of rotatable bonds is 3. The summed E-state index contributed by atoms with van der Waals surface area (Å²) in [5.41, 5.74) is 6.50. The minimum atomic E-state index is 0. The highest BCUT2D eigenvalue weighted by atomic mass is 79.9. The molecule has 0 aromatic heterocycles. The maximum atomic E-state index is 9.23. The predicted molar refractivity (Wildman–Crippen MR) is 60.4 cm³/mol. The van der Waals surface area contributed by atoms with Crippen molar-refractivity contribution in [2.24, 2.45) is 5.73 Å². The summed E-state index contributed by atoms with van der Waals surface area (Å²) in [6, 6.07) is 5.43. The first kappa shape index (κ1) is 12.8. The molecule has 0 unspecified atom stereocenters. The summed E-state index contributed by atoms with van der Waals surface area (Å²) >= 11 is 3.31. The van der Waals surface area contributed by atoms with Crippen LogP contribution in [0.5, 0.6) is 5.75 Å². The van der Waals surface area contributed by atoms with E-state index in [1.807, 2.05) is 6.07 Å². The molecule has 0 spiro atoms. The van der Waals surface area contributed by atoms with E-state index in [4.69, 9.17) is 5.73 Å². The Kier molecular flexibility index (Phi) is 6.12. The predicted octanol–water partition coefficient (Wildman–Crippen LogP) is 2.47. The molecule has 74 valence electrons. The van der Waals surface area contributed by atoms with Crippen LogP contribution in [0, 0.1) is 0 Å². The second-order valence-corrected chi connectivity index (χ2v) is 3.63. The maximum absolute atomic E-state index is 9.23. The smallest absolute Gasteiger partial charge is 0.116 e. The Bertz CT molecular complexity index is 248. The third kappa shape index (κ3) is 4.50.